The van der Waals surface area contributed by atoms with Crippen molar-refractivity contribution in [2.24, 2.45) is 0 Å². The van der Waals surface area contributed by atoms with Crippen molar-refractivity contribution in [2.45, 2.75) is 19.5 Å². The molecule has 0 fully saturated rings. The Morgan fingerprint density at radius 3 is 2.83 bits per heavy atom. The van der Waals surface area contributed by atoms with Crippen LogP contribution in [0.5, 0.6) is 0 Å². The highest BCUT2D eigenvalue weighted by Crippen LogP contribution is 2.14. The number of aromatic nitrogens is 2. The molecule has 5 nitrogen and oxygen atoms in total. The molecule has 6 heteroatoms. The van der Waals surface area contributed by atoms with Crippen LogP contribution in [0.1, 0.15) is 24.4 Å². The van der Waals surface area contributed by atoms with Gasteiger partial charge in [-0.05, 0) is 20.0 Å². The Kier molecular flexibility index (Phi) is 3.88. The Bertz CT molecular complexity index is 514. The first-order valence-corrected chi connectivity index (χ1v) is 5.68. The van der Waals surface area contributed by atoms with E-state index in [0.717, 1.165) is 0 Å². The van der Waals surface area contributed by atoms with Gasteiger partial charge in [-0.1, -0.05) is 23.3 Å². The van der Waals surface area contributed by atoms with Gasteiger partial charge in [-0.15, -0.1) is 5.10 Å². The molecular weight excluding hydrogens is 235 g/mol. The zero-order chi connectivity index (χ0) is 13.0. The van der Waals surface area contributed by atoms with E-state index in [1.165, 1.54) is 6.07 Å². The van der Waals surface area contributed by atoms with E-state index < -0.39 is 0 Å². The summed E-state index contributed by atoms with van der Waals surface area (Å²) in [6.07, 6.45) is 0. The van der Waals surface area contributed by atoms with E-state index in [9.17, 15) is 4.39 Å². The number of nitrogens with one attached hydrogen (secondary N) is 2. The summed E-state index contributed by atoms with van der Waals surface area (Å²) in [5.41, 5.74) is 0.555. The van der Waals surface area contributed by atoms with Gasteiger partial charge in [-0.25, -0.2) is 4.39 Å². The first-order chi connectivity index (χ1) is 8.70. The average molecular weight is 250 g/mol. The lowest BCUT2D eigenvalue weighted by molar-refractivity contribution is 0.441. The van der Waals surface area contributed by atoms with Gasteiger partial charge in [0.25, 0.3) is 0 Å². The van der Waals surface area contributed by atoms with Crippen LogP contribution >= 0.6 is 0 Å². The first-order valence-electron chi connectivity index (χ1n) is 5.68. The molecule has 0 saturated heterocycles. The van der Waals surface area contributed by atoms with Gasteiger partial charge in [0.05, 0.1) is 6.04 Å². The van der Waals surface area contributed by atoms with Crippen LogP contribution in [0.25, 0.3) is 0 Å². The van der Waals surface area contributed by atoms with E-state index in [-0.39, 0.29) is 17.9 Å². The number of anilines is 1. The topological polar surface area (TPSA) is 63.0 Å². The summed E-state index contributed by atoms with van der Waals surface area (Å²) in [4.78, 5) is 0. The third-order valence-corrected chi connectivity index (χ3v) is 2.63. The minimum absolute atomic E-state index is 0.0125. The van der Waals surface area contributed by atoms with Gasteiger partial charge in [0.1, 0.15) is 5.82 Å². The Morgan fingerprint density at radius 2 is 2.11 bits per heavy atom. The fourth-order valence-electron chi connectivity index (χ4n) is 1.42. The molecule has 0 aliphatic carbocycles. The summed E-state index contributed by atoms with van der Waals surface area (Å²) < 4.78 is 18.7. The van der Waals surface area contributed by atoms with Gasteiger partial charge in [0.2, 0.25) is 5.89 Å². The predicted octanol–water partition coefficient (Wildman–Crippen LogP) is 2.10. The Morgan fingerprint density at radius 1 is 1.33 bits per heavy atom. The molecule has 1 aromatic heterocycles. The number of hydrogen-bond acceptors (Lipinski definition) is 5. The van der Waals surface area contributed by atoms with E-state index in [4.69, 9.17) is 4.42 Å². The van der Waals surface area contributed by atoms with Gasteiger partial charge in [-0.2, -0.15) is 0 Å². The quantitative estimate of drug-likeness (QED) is 0.850. The van der Waals surface area contributed by atoms with Crippen molar-refractivity contribution >= 4 is 6.01 Å². The SMILES string of the molecule is CNC(C)c1nnc(NCc2ccccc2F)o1. The summed E-state index contributed by atoms with van der Waals surface area (Å²) in [5.74, 6) is 0.238. The van der Waals surface area contributed by atoms with Crippen LogP contribution in [0, 0.1) is 5.82 Å². The Labute approximate surface area is 104 Å². The maximum Gasteiger partial charge on any atom is 0.315 e. The Balaban J connectivity index is 1.98. The summed E-state index contributed by atoms with van der Waals surface area (Å²) in [5, 5.41) is 13.6. The van der Waals surface area contributed by atoms with Crippen LogP contribution in [0.4, 0.5) is 10.4 Å². The minimum atomic E-state index is -0.256. The highest BCUT2D eigenvalue weighted by atomic mass is 19.1. The molecule has 2 aromatic rings. The summed E-state index contributed by atoms with van der Waals surface area (Å²) in [6, 6.07) is 6.83. The van der Waals surface area contributed by atoms with Crippen LogP contribution in [-0.4, -0.2) is 17.2 Å². The van der Waals surface area contributed by atoms with E-state index in [1.54, 1.807) is 25.2 Å². The summed E-state index contributed by atoms with van der Waals surface area (Å²) in [6.45, 7) is 2.22. The minimum Gasteiger partial charge on any atom is -0.406 e. The maximum absolute atomic E-state index is 13.4. The second kappa shape index (κ2) is 5.59. The molecule has 2 rings (SSSR count). The molecule has 2 N–H and O–H groups in total. The lowest BCUT2D eigenvalue weighted by Gasteiger charge is -2.04. The number of hydrogen-bond donors (Lipinski definition) is 2. The van der Waals surface area contributed by atoms with Crippen molar-refractivity contribution in [3.05, 3.63) is 41.5 Å². The van der Waals surface area contributed by atoms with Crippen molar-refractivity contribution in [2.75, 3.05) is 12.4 Å². The fraction of sp³-hybridized carbons (Fsp3) is 0.333. The summed E-state index contributed by atoms with van der Waals surface area (Å²) >= 11 is 0. The largest absolute Gasteiger partial charge is 0.406 e. The molecule has 0 aliphatic heterocycles. The van der Waals surface area contributed by atoms with Crippen molar-refractivity contribution in [3.63, 3.8) is 0 Å². The van der Waals surface area contributed by atoms with Gasteiger partial charge in [0, 0.05) is 12.1 Å². The monoisotopic (exact) mass is 250 g/mol. The molecule has 1 atom stereocenters. The van der Waals surface area contributed by atoms with Crippen LogP contribution < -0.4 is 10.6 Å². The molecule has 0 amide bonds. The second-order valence-corrected chi connectivity index (χ2v) is 3.90. The van der Waals surface area contributed by atoms with Gasteiger partial charge >= 0.3 is 6.01 Å². The molecule has 0 aliphatic rings. The van der Waals surface area contributed by atoms with E-state index in [0.29, 0.717) is 18.0 Å². The maximum atomic E-state index is 13.4. The molecule has 1 unspecified atom stereocenters. The first kappa shape index (κ1) is 12.5. The average Bonchev–Trinajstić information content (AvgIpc) is 2.86. The van der Waals surface area contributed by atoms with E-state index in [1.807, 2.05) is 6.92 Å². The molecule has 0 bridgehead atoms. The Hall–Kier alpha value is -1.95. The number of benzene rings is 1. The van der Waals surface area contributed by atoms with Crippen LogP contribution in [0.2, 0.25) is 0 Å². The third-order valence-electron chi connectivity index (χ3n) is 2.63. The van der Waals surface area contributed by atoms with E-state index >= 15 is 0 Å². The van der Waals surface area contributed by atoms with Crippen molar-refractivity contribution < 1.29 is 8.81 Å². The molecular formula is C12H15FN4O. The smallest absolute Gasteiger partial charge is 0.315 e. The number of rotatable bonds is 5. The van der Waals surface area contributed by atoms with Crippen molar-refractivity contribution in [3.8, 4) is 0 Å². The zero-order valence-electron chi connectivity index (χ0n) is 10.3. The summed E-state index contributed by atoms with van der Waals surface area (Å²) in [7, 11) is 1.81. The molecule has 1 aromatic carbocycles. The molecule has 0 spiro atoms. The highest BCUT2D eigenvalue weighted by Gasteiger charge is 2.11. The molecule has 0 radical (unpaired) electrons. The third kappa shape index (κ3) is 2.84. The van der Waals surface area contributed by atoms with Crippen molar-refractivity contribution in [1.29, 1.82) is 0 Å². The van der Waals surface area contributed by atoms with Crippen LogP contribution in [0.15, 0.2) is 28.7 Å². The zero-order valence-corrected chi connectivity index (χ0v) is 10.3. The van der Waals surface area contributed by atoms with Crippen LogP contribution in [0.3, 0.4) is 0 Å². The number of nitrogens with zero attached hydrogens (tertiary/aromatic N) is 2. The normalized spacial score (nSPS) is 12.4. The molecule has 96 valence electrons. The fourth-order valence-corrected chi connectivity index (χ4v) is 1.42. The second-order valence-electron chi connectivity index (χ2n) is 3.90. The lowest BCUT2D eigenvalue weighted by Crippen LogP contribution is -2.12. The van der Waals surface area contributed by atoms with Gasteiger partial charge < -0.3 is 15.1 Å². The molecule has 0 saturated carbocycles. The number of halogens is 1. The highest BCUT2D eigenvalue weighted by molar-refractivity contribution is 5.24. The van der Waals surface area contributed by atoms with Gasteiger partial charge in [-0.3, -0.25) is 0 Å². The molecule has 18 heavy (non-hydrogen) atoms. The lowest BCUT2D eigenvalue weighted by atomic mass is 10.2. The van der Waals surface area contributed by atoms with E-state index in [2.05, 4.69) is 20.8 Å². The van der Waals surface area contributed by atoms with Crippen LogP contribution in [-0.2, 0) is 6.54 Å². The molecule has 1 heterocycles. The standard InChI is InChI=1S/C12H15FN4O/c1-8(14-2)11-16-17-12(18-11)15-7-9-5-3-4-6-10(9)13/h3-6,8,14H,7H2,1-2H3,(H,15,17). The predicted molar refractivity (Wildman–Crippen MR) is 65.5 cm³/mol. The van der Waals surface area contributed by atoms with Crippen molar-refractivity contribution in [1.82, 2.24) is 15.5 Å². The van der Waals surface area contributed by atoms with Gasteiger partial charge in [0.15, 0.2) is 0 Å².